The Morgan fingerprint density at radius 2 is 1.74 bits per heavy atom. The van der Waals surface area contributed by atoms with Crippen LogP contribution in [0.5, 0.6) is 23.0 Å². The minimum atomic E-state index is -1.44. The number of ether oxygens (including phenoxy) is 2. The van der Waals surface area contributed by atoms with Crippen LogP contribution in [0, 0.1) is 0 Å². The molecule has 8 nitrogen and oxygen atoms in total. The highest BCUT2D eigenvalue weighted by molar-refractivity contribution is 5.89. The zero-order valence-corrected chi connectivity index (χ0v) is 14.3. The number of methoxy groups -OCH3 is 1. The molecule has 2 aromatic rings. The highest BCUT2D eigenvalue weighted by atomic mass is 16.6. The molecule has 0 radical (unpaired) electrons. The van der Waals surface area contributed by atoms with Gasteiger partial charge in [0.05, 0.1) is 7.11 Å². The Labute approximate surface area is 154 Å². The van der Waals surface area contributed by atoms with Gasteiger partial charge in [0.15, 0.2) is 23.0 Å². The van der Waals surface area contributed by atoms with E-state index in [2.05, 4.69) is 0 Å². The Hall–Kier alpha value is -3.68. The van der Waals surface area contributed by atoms with Crippen molar-refractivity contribution < 1.29 is 39.5 Å². The lowest BCUT2D eigenvalue weighted by Gasteiger charge is -2.13. The van der Waals surface area contributed by atoms with E-state index in [4.69, 9.17) is 9.47 Å². The summed E-state index contributed by atoms with van der Waals surface area (Å²) in [5, 5.41) is 37.5. The van der Waals surface area contributed by atoms with Crippen LogP contribution in [-0.2, 0) is 20.7 Å². The number of carboxylic acid groups (broad SMARTS) is 1. The molecule has 0 bridgehead atoms. The summed E-state index contributed by atoms with van der Waals surface area (Å²) < 4.78 is 9.91. The third-order valence-corrected chi connectivity index (χ3v) is 3.61. The molecule has 2 rings (SSSR count). The first-order chi connectivity index (χ1) is 12.8. The van der Waals surface area contributed by atoms with Gasteiger partial charge in [-0.3, -0.25) is 0 Å². The molecule has 8 heteroatoms. The summed E-state index contributed by atoms with van der Waals surface area (Å²) in [5.74, 6) is -2.79. The maximum Gasteiger partial charge on any atom is 0.345 e. The zero-order valence-electron chi connectivity index (χ0n) is 14.3. The molecular formula is C19H18O8. The highest BCUT2D eigenvalue weighted by Gasteiger charge is 2.22. The van der Waals surface area contributed by atoms with Crippen molar-refractivity contribution in [1.82, 2.24) is 0 Å². The maximum absolute atomic E-state index is 11.9. The van der Waals surface area contributed by atoms with E-state index < -0.39 is 18.0 Å². The predicted molar refractivity (Wildman–Crippen MR) is 94.7 cm³/mol. The molecule has 0 unspecified atom stereocenters. The minimum absolute atomic E-state index is 0.0924. The Kier molecular flexibility index (Phi) is 6.27. The highest BCUT2D eigenvalue weighted by Crippen LogP contribution is 2.27. The molecule has 4 N–H and O–H groups in total. The Morgan fingerprint density at radius 3 is 2.37 bits per heavy atom. The van der Waals surface area contributed by atoms with Crippen LogP contribution in [0.25, 0.3) is 6.08 Å². The summed E-state index contributed by atoms with van der Waals surface area (Å²) in [7, 11) is 1.36. The van der Waals surface area contributed by atoms with Crippen LogP contribution < -0.4 is 4.74 Å². The number of hydrogen-bond donors (Lipinski definition) is 4. The third-order valence-electron chi connectivity index (χ3n) is 3.61. The summed E-state index contributed by atoms with van der Waals surface area (Å²) in [6, 6.07) is 8.24. The topological polar surface area (TPSA) is 134 Å². The number of esters is 1. The van der Waals surface area contributed by atoms with Gasteiger partial charge < -0.3 is 29.9 Å². The predicted octanol–water partition coefficient (Wildman–Crippen LogP) is 2.06. The first kappa shape index (κ1) is 19.6. The first-order valence-corrected chi connectivity index (χ1v) is 7.79. The quantitative estimate of drug-likeness (QED) is 0.329. The van der Waals surface area contributed by atoms with E-state index >= 15 is 0 Å². The van der Waals surface area contributed by atoms with Crippen LogP contribution in [0.1, 0.15) is 11.1 Å². The Balaban J connectivity index is 2.06. The number of carboxylic acids is 1. The van der Waals surface area contributed by atoms with E-state index in [0.29, 0.717) is 11.1 Å². The van der Waals surface area contributed by atoms with Gasteiger partial charge in [-0.1, -0.05) is 12.1 Å². The fourth-order valence-electron chi connectivity index (χ4n) is 2.23. The SMILES string of the molecule is COc1cc(C[C@@H](OC(=O)C=Cc2ccc(O)c(O)c2)C(=O)O)ccc1O. The van der Waals surface area contributed by atoms with Gasteiger partial charge in [0.1, 0.15) is 0 Å². The van der Waals surface area contributed by atoms with Gasteiger partial charge in [-0.2, -0.15) is 0 Å². The number of aliphatic carboxylic acids is 1. The van der Waals surface area contributed by atoms with Crippen molar-refractivity contribution in [2.45, 2.75) is 12.5 Å². The molecule has 0 aromatic heterocycles. The number of carbonyl (C=O) groups is 2. The van der Waals surface area contributed by atoms with E-state index in [-0.39, 0.29) is 29.4 Å². The van der Waals surface area contributed by atoms with Crippen molar-refractivity contribution >= 4 is 18.0 Å². The molecule has 0 fully saturated rings. The van der Waals surface area contributed by atoms with Crippen LogP contribution in [0.4, 0.5) is 0 Å². The van der Waals surface area contributed by atoms with Crippen LogP contribution in [-0.4, -0.2) is 45.6 Å². The van der Waals surface area contributed by atoms with Crippen molar-refractivity contribution in [2.75, 3.05) is 7.11 Å². The fraction of sp³-hybridized carbons (Fsp3) is 0.158. The van der Waals surface area contributed by atoms with Crippen molar-refractivity contribution in [3.8, 4) is 23.0 Å². The summed E-state index contributed by atoms with van der Waals surface area (Å²) >= 11 is 0. The molecule has 27 heavy (non-hydrogen) atoms. The number of hydrogen-bond acceptors (Lipinski definition) is 7. The molecule has 142 valence electrons. The van der Waals surface area contributed by atoms with Crippen molar-refractivity contribution in [3.05, 3.63) is 53.6 Å². The molecule has 0 amide bonds. The van der Waals surface area contributed by atoms with E-state index in [1.807, 2.05) is 0 Å². The monoisotopic (exact) mass is 374 g/mol. The lowest BCUT2D eigenvalue weighted by atomic mass is 10.1. The maximum atomic E-state index is 11.9. The van der Waals surface area contributed by atoms with Crippen LogP contribution in [0.2, 0.25) is 0 Å². The Morgan fingerprint density at radius 1 is 1.04 bits per heavy atom. The van der Waals surface area contributed by atoms with E-state index in [9.17, 15) is 30.0 Å². The van der Waals surface area contributed by atoms with Gasteiger partial charge in [-0.15, -0.1) is 0 Å². The number of rotatable bonds is 7. The molecule has 0 spiro atoms. The number of benzene rings is 2. The van der Waals surface area contributed by atoms with Gasteiger partial charge in [-0.25, -0.2) is 9.59 Å². The molecular weight excluding hydrogens is 356 g/mol. The van der Waals surface area contributed by atoms with Gasteiger partial charge in [-0.05, 0) is 41.5 Å². The summed E-state index contributed by atoms with van der Waals surface area (Å²) in [5.41, 5.74) is 0.912. The number of carbonyl (C=O) groups excluding carboxylic acids is 1. The molecule has 0 aliphatic carbocycles. The van der Waals surface area contributed by atoms with Crippen molar-refractivity contribution in [2.24, 2.45) is 0 Å². The van der Waals surface area contributed by atoms with Gasteiger partial charge >= 0.3 is 11.9 Å². The normalized spacial score (nSPS) is 11.9. The lowest BCUT2D eigenvalue weighted by molar-refractivity contribution is -0.160. The number of aromatic hydroxyl groups is 3. The zero-order chi connectivity index (χ0) is 20.0. The molecule has 0 saturated heterocycles. The molecule has 1 atom stereocenters. The van der Waals surface area contributed by atoms with Crippen molar-refractivity contribution in [1.29, 1.82) is 0 Å². The third kappa shape index (κ3) is 5.40. The van der Waals surface area contributed by atoms with E-state index in [1.54, 1.807) is 0 Å². The molecule has 0 aliphatic rings. The van der Waals surface area contributed by atoms with E-state index in [1.165, 1.54) is 49.6 Å². The first-order valence-electron chi connectivity index (χ1n) is 7.79. The second-order valence-electron chi connectivity index (χ2n) is 5.56. The summed E-state index contributed by atoms with van der Waals surface area (Å²) in [4.78, 5) is 23.3. The van der Waals surface area contributed by atoms with Gasteiger partial charge in [0, 0.05) is 12.5 Å². The van der Waals surface area contributed by atoms with E-state index in [0.717, 1.165) is 6.08 Å². The van der Waals surface area contributed by atoms with Crippen LogP contribution in [0.3, 0.4) is 0 Å². The average Bonchev–Trinajstić information content (AvgIpc) is 2.63. The van der Waals surface area contributed by atoms with Crippen LogP contribution in [0.15, 0.2) is 42.5 Å². The average molecular weight is 374 g/mol. The molecule has 0 heterocycles. The Bertz CT molecular complexity index is 872. The van der Waals surface area contributed by atoms with Gasteiger partial charge in [0.2, 0.25) is 6.10 Å². The number of phenolic OH excluding ortho intramolecular Hbond substituents is 3. The largest absolute Gasteiger partial charge is 0.504 e. The molecule has 2 aromatic carbocycles. The van der Waals surface area contributed by atoms with Crippen LogP contribution >= 0.6 is 0 Å². The molecule has 0 saturated carbocycles. The standard InChI is InChI=1S/C19H18O8/c1-26-16-9-12(3-6-14(16)21)10-17(19(24)25)27-18(23)7-4-11-2-5-13(20)15(22)8-11/h2-9,17,20-22H,10H2,1H3,(H,24,25)/t17-/m1/s1. The number of phenols is 3. The minimum Gasteiger partial charge on any atom is -0.504 e. The smallest absolute Gasteiger partial charge is 0.345 e. The second kappa shape index (κ2) is 8.61. The summed E-state index contributed by atoms with van der Waals surface area (Å²) in [6.07, 6.45) is 0.763. The lowest BCUT2D eigenvalue weighted by Crippen LogP contribution is -2.28. The van der Waals surface area contributed by atoms with Crippen molar-refractivity contribution in [3.63, 3.8) is 0 Å². The summed E-state index contributed by atoms with van der Waals surface area (Å²) in [6.45, 7) is 0. The second-order valence-corrected chi connectivity index (χ2v) is 5.56. The van der Waals surface area contributed by atoms with Gasteiger partial charge in [0.25, 0.3) is 0 Å². The fourth-order valence-corrected chi connectivity index (χ4v) is 2.23. The molecule has 0 aliphatic heterocycles.